The molecule has 0 spiro atoms. The Balaban J connectivity index is 1.24. The standard InChI is InChI=1S/C28H33N3O2/c1-23-13-15-26(16-14-23)33-22-8-17-29-28(32)31-20-18-30(19-21-31)27(24-9-4-2-5-10-24)25-11-6-3-7-12-25/h2-7,9-16,27H,8,17-22H2,1H3,(H,29,32). The van der Waals surface area contributed by atoms with E-state index in [2.05, 4.69) is 77.8 Å². The normalized spacial score (nSPS) is 14.3. The maximum absolute atomic E-state index is 12.6. The zero-order valence-corrected chi connectivity index (χ0v) is 19.3. The van der Waals surface area contributed by atoms with Crippen LogP contribution in [0.25, 0.3) is 0 Å². The van der Waals surface area contributed by atoms with Gasteiger partial charge in [0.1, 0.15) is 5.75 Å². The van der Waals surface area contributed by atoms with Gasteiger partial charge in [-0.25, -0.2) is 4.79 Å². The summed E-state index contributed by atoms with van der Waals surface area (Å²) in [5.41, 5.74) is 3.79. The van der Waals surface area contributed by atoms with E-state index in [-0.39, 0.29) is 12.1 Å². The van der Waals surface area contributed by atoms with Crippen molar-refractivity contribution in [3.8, 4) is 5.75 Å². The molecule has 0 atom stereocenters. The van der Waals surface area contributed by atoms with Gasteiger partial charge >= 0.3 is 6.03 Å². The first kappa shape index (κ1) is 22.9. The highest BCUT2D eigenvalue weighted by molar-refractivity contribution is 5.74. The minimum absolute atomic E-state index is 0.0148. The first-order chi connectivity index (χ1) is 16.2. The lowest BCUT2D eigenvalue weighted by atomic mass is 9.96. The molecule has 1 aliphatic rings. The van der Waals surface area contributed by atoms with Gasteiger partial charge in [0.15, 0.2) is 0 Å². The van der Waals surface area contributed by atoms with Gasteiger partial charge in [0.2, 0.25) is 0 Å². The Morgan fingerprint density at radius 1 is 0.848 bits per heavy atom. The molecule has 0 saturated carbocycles. The monoisotopic (exact) mass is 443 g/mol. The summed E-state index contributed by atoms with van der Waals surface area (Å²) < 4.78 is 5.74. The number of nitrogens with zero attached hydrogens (tertiary/aromatic N) is 2. The van der Waals surface area contributed by atoms with Gasteiger partial charge in [-0.15, -0.1) is 0 Å². The summed E-state index contributed by atoms with van der Waals surface area (Å²) >= 11 is 0. The summed E-state index contributed by atoms with van der Waals surface area (Å²) in [7, 11) is 0. The van der Waals surface area contributed by atoms with E-state index in [1.54, 1.807) is 0 Å². The van der Waals surface area contributed by atoms with E-state index in [4.69, 9.17) is 4.74 Å². The molecule has 5 heteroatoms. The van der Waals surface area contributed by atoms with Crippen molar-refractivity contribution >= 4 is 6.03 Å². The van der Waals surface area contributed by atoms with Gasteiger partial charge in [-0.3, -0.25) is 4.90 Å². The molecule has 1 saturated heterocycles. The number of rotatable bonds is 8. The van der Waals surface area contributed by atoms with Gasteiger partial charge in [0.05, 0.1) is 12.6 Å². The molecule has 3 aromatic carbocycles. The molecule has 4 rings (SSSR count). The van der Waals surface area contributed by atoms with E-state index in [0.717, 1.165) is 38.3 Å². The Morgan fingerprint density at radius 2 is 1.42 bits per heavy atom. The van der Waals surface area contributed by atoms with Crippen molar-refractivity contribution in [2.75, 3.05) is 39.3 Å². The van der Waals surface area contributed by atoms with Crippen molar-refractivity contribution in [1.29, 1.82) is 0 Å². The van der Waals surface area contributed by atoms with Crippen molar-refractivity contribution in [3.63, 3.8) is 0 Å². The highest BCUT2D eigenvalue weighted by atomic mass is 16.5. The van der Waals surface area contributed by atoms with E-state index in [0.29, 0.717) is 13.2 Å². The largest absolute Gasteiger partial charge is 0.494 e. The molecule has 2 amide bonds. The number of piperazine rings is 1. The van der Waals surface area contributed by atoms with Crippen LogP contribution in [-0.4, -0.2) is 55.2 Å². The molecule has 0 radical (unpaired) electrons. The molecular weight excluding hydrogens is 410 g/mol. The third kappa shape index (κ3) is 6.36. The molecular formula is C28H33N3O2. The Labute approximate surface area is 197 Å². The fourth-order valence-corrected chi connectivity index (χ4v) is 4.27. The van der Waals surface area contributed by atoms with E-state index < -0.39 is 0 Å². The van der Waals surface area contributed by atoms with E-state index in [1.807, 2.05) is 29.2 Å². The van der Waals surface area contributed by atoms with Crippen LogP contribution in [0.1, 0.15) is 29.2 Å². The van der Waals surface area contributed by atoms with Gasteiger partial charge < -0.3 is 15.0 Å². The predicted octanol–water partition coefficient (Wildman–Crippen LogP) is 4.88. The number of hydrogen-bond donors (Lipinski definition) is 1. The fourth-order valence-electron chi connectivity index (χ4n) is 4.27. The maximum atomic E-state index is 12.6. The van der Waals surface area contributed by atoms with Crippen molar-refractivity contribution in [1.82, 2.24) is 15.1 Å². The molecule has 0 aliphatic carbocycles. The van der Waals surface area contributed by atoms with Crippen LogP contribution in [0.3, 0.4) is 0 Å². The Hall–Kier alpha value is -3.31. The number of carbonyl (C=O) groups is 1. The third-order valence-corrected chi connectivity index (χ3v) is 6.08. The van der Waals surface area contributed by atoms with Crippen molar-refractivity contribution < 1.29 is 9.53 Å². The van der Waals surface area contributed by atoms with Crippen LogP contribution in [0.15, 0.2) is 84.9 Å². The predicted molar refractivity (Wildman–Crippen MR) is 133 cm³/mol. The number of carbonyl (C=O) groups excluding carboxylic acids is 1. The SMILES string of the molecule is Cc1ccc(OCCCNC(=O)N2CCN(C(c3ccccc3)c3ccccc3)CC2)cc1. The molecule has 5 nitrogen and oxygen atoms in total. The number of hydrogen-bond acceptors (Lipinski definition) is 3. The Bertz CT molecular complexity index is 945. The van der Waals surface area contributed by atoms with Crippen molar-refractivity contribution in [2.24, 2.45) is 0 Å². The first-order valence-electron chi connectivity index (χ1n) is 11.8. The van der Waals surface area contributed by atoms with Crippen molar-refractivity contribution in [2.45, 2.75) is 19.4 Å². The average molecular weight is 444 g/mol. The highest BCUT2D eigenvalue weighted by Gasteiger charge is 2.27. The third-order valence-electron chi connectivity index (χ3n) is 6.08. The van der Waals surface area contributed by atoms with Crippen LogP contribution in [0.4, 0.5) is 4.79 Å². The summed E-state index contributed by atoms with van der Waals surface area (Å²) in [4.78, 5) is 17.0. The number of benzene rings is 3. The van der Waals surface area contributed by atoms with Gasteiger partial charge in [-0.05, 0) is 36.6 Å². The second kappa shape index (κ2) is 11.5. The maximum Gasteiger partial charge on any atom is 0.317 e. The molecule has 0 unspecified atom stereocenters. The van der Waals surface area contributed by atoms with Gasteiger partial charge in [0.25, 0.3) is 0 Å². The lowest BCUT2D eigenvalue weighted by Crippen LogP contribution is -2.52. The van der Waals surface area contributed by atoms with Crippen molar-refractivity contribution in [3.05, 3.63) is 102 Å². The van der Waals surface area contributed by atoms with Crippen LogP contribution in [0.2, 0.25) is 0 Å². The smallest absolute Gasteiger partial charge is 0.317 e. The Morgan fingerprint density at radius 3 is 2.00 bits per heavy atom. The molecule has 0 bridgehead atoms. The molecule has 3 aromatic rings. The van der Waals surface area contributed by atoms with E-state index in [1.165, 1.54) is 16.7 Å². The first-order valence-corrected chi connectivity index (χ1v) is 11.8. The number of nitrogens with one attached hydrogen (secondary N) is 1. The molecule has 0 aromatic heterocycles. The lowest BCUT2D eigenvalue weighted by molar-refractivity contribution is 0.120. The molecule has 172 valence electrons. The second-order valence-electron chi connectivity index (χ2n) is 8.49. The average Bonchev–Trinajstić information content (AvgIpc) is 2.87. The van der Waals surface area contributed by atoms with E-state index in [9.17, 15) is 4.79 Å². The quantitative estimate of drug-likeness (QED) is 0.505. The number of ether oxygens (including phenoxy) is 1. The minimum atomic E-state index is 0.0148. The van der Waals surface area contributed by atoms with Gasteiger partial charge in [-0.1, -0.05) is 78.4 Å². The van der Waals surface area contributed by atoms with Gasteiger partial charge in [0, 0.05) is 32.7 Å². The summed E-state index contributed by atoms with van der Waals surface area (Å²) in [6, 6.07) is 29.5. The summed E-state index contributed by atoms with van der Waals surface area (Å²) in [6.45, 7) is 6.40. The second-order valence-corrected chi connectivity index (χ2v) is 8.49. The zero-order valence-electron chi connectivity index (χ0n) is 19.3. The van der Waals surface area contributed by atoms with Crippen LogP contribution < -0.4 is 10.1 Å². The van der Waals surface area contributed by atoms with Gasteiger partial charge in [-0.2, -0.15) is 0 Å². The molecule has 1 N–H and O–H groups in total. The van der Waals surface area contributed by atoms with Crippen LogP contribution in [0.5, 0.6) is 5.75 Å². The molecule has 1 fully saturated rings. The Kier molecular flexibility index (Phi) is 7.99. The zero-order chi connectivity index (χ0) is 22.9. The number of amides is 2. The van der Waals surface area contributed by atoms with Crippen LogP contribution in [0, 0.1) is 6.92 Å². The molecule has 1 heterocycles. The summed E-state index contributed by atoms with van der Waals surface area (Å²) in [5, 5.41) is 3.04. The molecule has 33 heavy (non-hydrogen) atoms. The number of aryl methyl sites for hydroxylation is 1. The number of urea groups is 1. The fraction of sp³-hybridized carbons (Fsp3) is 0.321. The summed E-state index contributed by atoms with van der Waals surface area (Å²) in [5.74, 6) is 0.870. The lowest BCUT2D eigenvalue weighted by Gasteiger charge is -2.39. The van der Waals surface area contributed by atoms with Crippen LogP contribution in [-0.2, 0) is 0 Å². The minimum Gasteiger partial charge on any atom is -0.494 e. The van der Waals surface area contributed by atoms with Crippen LogP contribution >= 0.6 is 0 Å². The molecule has 1 aliphatic heterocycles. The van der Waals surface area contributed by atoms with E-state index >= 15 is 0 Å². The topological polar surface area (TPSA) is 44.8 Å². The summed E-state index contributed by atoms with van der Waals surface area (Å²) in [6.07, 6.45) is 0.781. The highest BCUT2D eigenvalue weighted by Crippen LogP contribution is 2.29.